The Morgan fingerprint density at radius 3 is 2.14 bits per heavy atom. The molecule has 0 unspecified atom stereocenters. The van der Waals surface area contributed by atoms with Gasteiger partial charge >= 0.3 is 0 Å². The first kappa shape index (κ1) is 13.2. The second-order valence-corrected chi connectivity index (χ2v) is 5.05. The topological polar surface area (TPSA) is 52.9 Å². The van der Waals surface area contributed by atoms with Crippen LogP contribution in [0, 0.1) is 13.8 Å². The number of benzene rings is 2. The zero-order chi connectivity index (χ0) is 15.0. The maximum Gasteiger partial charge on any atom is 0.295 e. The van der Waals surface area contributed by atoms with Gasteiger partial charge < -0.3 is 5.73 Å². The fourth-order valence-corrected chi connectivity index (χ4v) is 2.52. The van der Waals surface area contributed by atoms with Gasteiger partial charge in [0.05, 0.1) is 17.1 Å². The zero-order valence-corrected chi connectivity index (χ0v) is 12.1. The van der Waals surface area contributed by atoms with E-state index in [0.717, 1.165) is 22.6 Å². The molecule has 0 atom stereocenters. The van der Waals surface area contributed by atoms with E-state index in [1.807, 2.05) is 73.1 Å². The minimum Gasteiger partial charge on any atom is -0.393 e. The molecule has 0 aliphatic carbocycles. The molecule has 0 saturated carbocycles. The molecule has 3 rings (SSSR count). The fraction of sp³-hybridized carbons (Fsp3) is 0.118. The Balaban J connectivity index is 2.39. The van der Waals surface area contributed by atoms with Crippen LogP contribution in [0.15, 0.2) is 59.4 Å². The van der Waals surface area contributed by atoms with Crippen LogP contribution in [0.1, 0.15) is 11.3 Å². The largest absolute Gasteiger partial charge is 0.393 e. The van der Waals surface area contributed by atoms with E-state index >= 15 is 0 Å². The number of nitrogens with two attached hydrogens (primary N) is 1. The van der Waals surface area contributed by atoms with Crippen LogP contribution in [0.25, 0.3) is 11.4 Å². The molecule has 0 aliphatic rings. The standard InChI is InChI=1S/C17H17N3O/c1-12-8-6-7-11-15(12)19-13(2)16(18)17(21)20(19)14-9-4-3-5-10-14/h3-11H,18H2,1-2H3. The average molecular weight is 279 g/mol. The molecule has 4 heteroatoms. The van der Waals surface area contributed by atoms with Crippen molar-refractivity contribution in [1.29, 1.82) is 0 Å². The van der Waals surface area contributed by atoms with Crippen LogP contribution in [-0.4, -0.2) is 9.36 Å². The molecule has 0 bridgehead atoms. The lowest BCUT2D eigenvalue weighted by Crippen LogP contribution is -2.21. The molecule has 0 radical (unpaired) electrons. The third-order valence-corrected chi connectivity index (χ3v) is 3.67. The number of anilines is 1. The van der Waals surface area contributed by atoms with Gasteiger partial charge in [0.15, 0.2) is 0 Å². The van der Waals surface area contributed by atoms with Gasteiger partial charge in [0.2, 0.25) is 0 Å². The predicted molar refractivity (Wildman–Crippen MR) is 85.3 cm³/mol. The summed E-state index contributed by atoms with van der Waals surface area (Å²) in [5.41, 5.74) is 9.64. The average Bonchev–Trinajstić information content (AvgIpc) is 2.73. The molecule has 0 fully saturated rings. The number of hydrogen-bond donors (Lipinski definition) is 1. The summed E-state index contributed by atoms with van der Waals surface area (Å²) in [7, 11) is 0. The summed E-state index contributed by atoms with van der Waals surface area (Å²) in [6.07, 6.45) is 0. The van der Waals surface area contributed by atoms with Crippen LogP contribution in [0.2, 0.25) is 0 Å². The van der Waals surface area contributed by atoms with Gasteiger partial charge in [-0.15, -0.1) is 0 Å². The lowest BCUT2D eigenvalue weighted by Gasteiger charge is -2.15. The van der Waals surface area contributed by atoms with Crippen molar-refractivity contribution in [2.45, 2.75) is 13.8 Å². The second-order valence-electron chi connectivity index (χ2n) is 5.05. The highest BCUT2D eigenvalue weighted by Crippen LogP contribution is 2.20. The molecule has 21 heavy (non-hydrogen) atoms. The van der Waals surface area contributed by atoms with Crippen LogP contribution in [0.5, 0.6) is 0 Å². The van der Waals surface area contributed by atoms with Gasteiger partial charge in [-0.1, -0.05) is 36.4 Å². The molecule has 0 saturated heterocycles. The second kappa shape index (κ2) is 4.98. The summed E-state index contributed by atoms with van der Waals surface area (Å²) >= 11 is 0. The molecule has 0 spiro atoms. The molecule has 0 aliphatic heterocycles. The Bertz CT molecular complexity index is 844. The lowest BCUT2D eigenvalue weighted by atomic mass is 10.2. The van der Waals surface area contributed by atoms with Crippen molar-refractivity contribution >= 4 is 5.69 Å². The van der Waals surface area contributed by atoms with Gasteiger partial charge in [0, 0.05) is 0 Å². The first-order valence-electron chi connectivity index (χ1n) is 6.83. The predicted octanol–water partition coefficient (Wildman–Crippen LogP) is 2.83. The van der Waals surface area contributed by atoms with E-state index in [1.165, 1.54) is 0 Å². The Kier molecular flexibility index (Phi) is 3.14. The van der Waals surface area contributed by atoms with E-state index < -0.39 is 0 Å². The molecule has 106 valence electrons. The molecule has 3 aromatic rings. The van der Waals surface area contributed by atoms with Gasteiger partial charge in [0.1, 0.15) is 5.69 Å². The van der Waals surface area contributed by atoms with Crippen LogP contribution in [0.4, 0.5) is 5.69 Å². The van der Waals surface area contributed by atoms with Crippen molar-refractivity contribution in [3.63, 3.8) is 0 Å². The molecule has 1 heterocycles. The molecular weight excluding hydrogens is 262 g/mol. The Hall–Kier alpha value is -2.75. The van der Waals surface area contributed by atoms with E-state index in [0.29, 0.717) is 0 Å². The Labute approximate surface area is 123 Å². The number of aromatic nitrogens is 2. The minimum atomic E-state index is -0.193. The first-order chi connectivity index (χ1) is 10.1. The van der Waals surface area contributed by atoms with Crippen LogP contribution in [-0.2, 0) is 0 Å². The van der Waals surface area contributed by atoms with Crippen LogP contribution >= 0.6 is 0 Å². The molecule has 0 amide bonds. The highest BCUT2D eigenvalue weighted by molar-refractivity contribution is 5.51. The number of nitrogens with zero attached hydrogens (tertiary/aromatic N) is 2. The highest BCUT2D eigenvalue weighted by Gasteiger charge is 2.17. The van der Waals surface area contributed by atoms with E-state index in [1.54, 1.807) is 4.68 Å². The van der Waals surface area contributed by atoms with Gasteiger partial charge in [-0.2, -0.15) is 0 Å². The van der Waals surface area contributed by atoms with Gasteiger partial charge in [-0.05, 0) is 37.6 Å². The third kappa shape index (κ3) is 2.05. The van der Waals surface area contributed by atoms with E-state index in [-0.39, 0.29) is 11.2 Å². The number of para-hydroxylation sites is 2. The van der Waals surface area contributed by atoms with E-state index in [4.69, 9.17) is 5.73 Å². The maximum atomic E-state index is 12.5. The summed E-state index contributed by atoms with van der Waals surface area (Å²) < 4.78 is 3.50. The minimum absolute atomic E-state index is 0.193. The number of nitrogen functional groups attached to an aromatic ring is 1. The van der Waals surface area contributed by atoms with Gasteiger partial charge in [-0.3, -0.25) is 4.79 Å². The van der Waals surface area contributed by atoms with Crippen LogP contribution in [0.3, 0.4) is 0 Å². The number of aryl methyl sites for hydroxylation is 1. The van der Waals surface area contributed by atoms with Gasteiger partial charge in [0.25, 0.3) is 5.56 Å². The number of hydrogen-bond acceptors (Lipinski definition) is 2. The summed E-state index contributed by atoms with van der Waals surface area (Å²) in [5, 5.41) is 0. The van der Waals surface area contributed by atoms with Crippen molar-refractivity contribution in [2.24, 2.45) is 0 Å². The molecule has 2 N–H and O–H groups in total. The van der Waals surface area contributed by atoms with Gasteiger partial charge in [-0.25, -0.2) is 9.36 Å². The van der Waals surface area contributed by atoms with Crippen LogP contribution < -0.4 is 11.3 Å². The zero-order valence-electron chi connectivity index (χ0n) is 12.1. The van der Waals surface area contributed by atoms with E-state index in [2.05, 4.69) is 0 Å². The summed E-state index contributed by atoms with van der Waals surface area (Å²) in [4.78, 5) is 12.5. The third-order valence-electron chi connectivity index (χ3n) is 3.67. The normalized spacial score (nSPS) is 10.8. The van der Waals surface area contributed by atoms with Crippen molar-refractivity contribution in [3.05, 3.63) is 76.2 Å². The lowest BCUT2D eigenvalue weighted by molar-refractivity contribution is 0.704. The highest BCUT2D eigenvalue weighted by atomic mass is 16.1. The number of rotatable bonds is 2. The smallest absolute Gasteiger partial charge is 0.295 e. The Morgan fingerprint density at radius 1 is 0.857 bits per heavy atom. The first-order valence-corrected chi connectivity index (χ1v) is 6.83. The van der Waals surface area contributed by atoms with Crippen molar-refractivity contribution < 1.29 is 0 Å². The Morgan fingerprint density at radius 2 is 1.48 bits per heavy atom. The summed E-state index contributed by atoms with van der Waals surface area (Å²) in [6, 6.07) is 17.5. The van der Waals surface area contributed by atoms with Crippen molar-refractivity contribution in [1.82, 2.24) is 9.36 Å². The SMILES string of the molecule is Cc1ccccc1-n1c(C)c(N)c(=O)n1-c1ccccc1. The van der Waals surface area contributed by atoms with Crippen molar-refractivity contribution in [3.8, 4) is 11.4 Å². The quantitative estimate of drug-likeness (QED) is 0.784. The molecule has 1 aromatic heterocycles. The van der Waals surface area contributed by atoms with Crippen molar-refractivity contribution in [2.75, 3.05) is 5.73 Å². The van der Waals surface area contributed by atoms with E-state index in [9.17, 15) is 4.79 Å². The monoisotopic (exact) mass is 279 g/mol. The summed E-state index contributed by atoms with van der Waals surface area (Å²) in [6.45, 7) is 3.88. The maximum absolute atomic E-state index is 12.5. The molecular formula is C17H17N3O. The molecule has 4 nitrogen and oxygen atoms in total. The molecule has 2 aromatic carbocycles. The summed E-state index contributed by atoms with van der Waals surface area (Å²) in [5.74, 6) is 0. The fourth-order valence-electron chi connectivity index (χ4n) is 2.52.